The van der Waals surface area contributed by atoms with Gasteiger partial charge in [-0.25, -0.2) is 4.79 Å². The minimum atomic E-state index is -1.50. The first-order chi connectivity index (χ1) is 14.4. The van der Waals surface area contributed by atoms with E-state index in [4.69, 9.17) is 22.3 Å². The predicted octanol–water partition coefficient (Wildman–Crippen LogP) is -4.61. The van der Waals surface area contributed by atoms with Crippen LogP contribution in [0.25, 0.3) is 0 Å². The summed E-state index contributed by atoms with van der Waals surface area (Å²) in [6, 6.07) is -5.43. The summed E-state index contributed by atoms with van der Waals surface area (Å²) in [7, 11) is 0. The lowest BCUT2D eigenvalue weighted by Crippen LogP contribution is -2.57. The Morgan fingerprint density at radius 1 is 0.935 bits per heavy atom. The zero-order valence-corrected chi connectivity index (χ0v) is 16.9. The number of aliphatic hydroxyl groups is 1. The Morgan fingerprint density at radius 2 is 1.52 bits per heavy atom. The molecule has 0 spiro atoms. The van der Waals surface area contributed by atoms with Crippen molar-refractivity contribution in [1.82, 2.24) is 16.0 Å². The average molecular weight is 447 g/mol. The molecule has 4 unspecified atom stereocenters. The first kappa shape index (κ1) is 27.5. The molecule has 0 aromatic heterocycles. The van der Waals surface area contributed by atoms with Crippen LogP contribution >= 0.6 is 0 Å². The largest absolute Gasteiger partial charge is 0.481 e. The molecule has 0 saturated carbocycles. The Hall–Kier alpha value is -3.46. The Bertz CT molecular complexity index is 695. The molecular formula is C16H29N7O8. The van der Waals surface area contributed by atoms with Gasteiger partial charge in [0.15, 0.2) is 5.96 Å². The monoisotopic (exact) mass is 447 g/mol. The molecule has 0 rings (SSSR count). The summed E-state index contributed by atoms with van der Waals surface area (Å²) in [5, 5.41) is 33.7. The van der Waals surface area contributed by atoms with Crippen molar-refractivity contribution in [2.24, 2.45) is 22.2 Å². The smallest absolute Gasteiger partial charge is 0.326 e. The molecule has 0 heterocycles. The van der Waals surface area contributed by atoms with Crippen LogP contribution in [0.5, 0.6) is 0 Å². The number of carboxylic acids is 2. The van der Waals surface area contributed by atoms with Crippen LogP contribution in [-0.4, -0.2) is 88.3 Å². The van der Waals surface area contributed by atoms with Crippen molar-refractivity contribution in [2.75, 3.05) is 13.2 Å². The summed E-state index contributed by atoms with van der Waals surface area (Å²) < 4.78 is 0. The lowest BCUT2D eigenvalue weighted by Gasteiger charge is -2.22. The van der Waals surface area contributed by atoms with E-state index in [0.29, 0.717) is 0 Å². The van der Waals surface area contributed by atoms with Gasteiger partial charge in [-0.2, -0.15) is 0 Å². The highest BCUT2D eigenvalue weighted by Gasteiger charge is 2.28. The molecule has 0 fully saturated rings. The van der Waals surface area contributed by atoms with Crippen LogP contribution in [0.4, 0.5) is 0 Å². The molecule has 15 heteroatoms. The third-order valence-electron chi connectivity index (χ3n) is 3.86. The Labute approximate surface area is 177 Å². The maximum Gasteiger partial charge on any atom is 0.326 e. The van der Waals surface area contributed by atoms with Gasteiger partial charge in [-0.05, 0) is 19.8 Å². The number of carbonyl (C=O) groups excluding carboxylic acids is 3. The van der Waals surface area contributed by atoms with Gasteiger partial charge in [-0.3, -0.25) is 24.2 Å². The van der Waals surface area contributed by atoms with E-state index in [1.165, 1.54) is 6.92 Å². The average Bonchev–Trinajstić information content (AvgIpc) is 2.66. The molecule has 0 saturated heterocycles. The number of aliphatic hydroxyl groups excluding tert-OH is 1. The molecule has 0 aliphatic heterocycles. The van der Waals surface area contributed by atoms with E-state index in [0.717, 1.165) is 0 Å². The number of rotatable bonds is 14. The molecule has 0 aliphatic carbocycles. The quantitative estimate of drug-likeness (QED) is 0.0693. The lowest BCUT2D eigenvalue weighted by atomic mass is 10.1. The van der Waals surface area contributed by atoms with Gasteiger partial charge in [0.2, 0.25) is 17.7 Å². The molecule has 0 bridgehead atoms. The van der Waals surface area contributed by atoms with Gasteiger partial charge in [-0.15, -0.1) is 0 Å². The number of aliphatic carboxylic acids is 2. The highest BCUT2D eigenvalue weighted by molar-refractivity contribution is 5.94. The number of nitrogens with zero attached hydrogens (tertiary/aromatic N) is 1. The third-order valence-corrected chi connectivity index (χ3v) is 3.86. The van der Waals surface area contributed by atoms with Gasteiger partial charge in [0.05, 0.1) is 19.1 Å². The standard InChI is InChI=1S/C16H29N7O8/c1-7(21-13(28)8(17)5-11(25)26)12(27)23-10(6-24)14(29)22-9(15(30)31)3-2-4-20-16(18)19/h7-10,24H,2-6,17H2,1H3,(H,21,28)(H,22,29)(H,23,27)(H,25,26)(H,30,31)(H4,18,19,20). The highest BCUT2D eigenvalue weighted by atomic mass is 16.4. The first-order valence-corrected chi connectivity index (χ1v) is 9.16. The minimum Gasteiger partial charge on any atom is -0.481 e. The minimum absolute atomic E-state index is 0.0160. The summed E-state index contributed by atoms with van der Waals surface area (Å²) in [5.41, 5.74) is 15.7. The second kappa shape index (κ2) is 13.7. The number of hydrogen-bond acceptors (Lipinski definition) is 8. The van der Waals surface area contributed by atoms with E-state index in [1.54, 1.807) is 0 Å². The molecule has 31 heavy (non-hydrogen) atoms. The number of amides is 3. The fraction of sp³-hybridized carbons (Fsp3) is 0.625. The van der Waals surface area contributed by atoms with Crippen molar-refractivity contribution in [2.45, 2.75) is 50.4 Å². The van der Waals surface area contributed by atoms with Gasteiger partial charge in [0.1, 0.15) is 18.1 Å². The summed E-state index contributed by atoms with van der Waals surface area (Å²) in [6.07, 6.45) is -0.426. The highest BCUT2D eigenvalue weighted by Crippen LogP contribution is 2.00. The van der Waals surface area contributed by atoms with E-state index >= 15 is 0 Å². The molecule has 0 aromatic carbocycles. The van der Waals surface area contributed by atoms with Gasteiger partial charge in [-0.1, -0.05) is 0 Å². The summed E-state index contributed by atoms with van der Waals surface area (Å²) in [4.78, 5) is 61.8. The summed E-state index contributed by atoms with van der Waals surface area (Å²) in [5.74, 6) is -5.56. The SMILES string of the molecule is CC(NC(=O)C(N)CC(=O)O)C(=O)NC(CO)C(=O)NC(CCCN=C(N)N)C(=O)O. The Morgan fingerprint density at radius 3 is 2.00 bits per heavy atom. The number of guanidine groups is 1. The maximum atomic E-state index is 12.3. The topological polar surface area (TPSA) is 273 Å². The number of nitrogens with two attached hydrogens (primary N) is 3. The van der Waals surface area contributed by atoms with E-state index < -0.39 is 66.9 Å². The lowest BCUT2D eigenvalue weighted by molar-refractivity contribution is -0.142. The molecule has 15 nitrogen and oxygen atoms in total. The van der Waals surface area contributed by atoms with Crippen LogP contribution in [-0.2, 0) is 24.0 Å². The van der Waals surface area contributed by atoms with Crippen LogP contribution in [0, 0.1) is 0 Å². The van der Waals surface area contributed by atoms with Crippen molar-refractivity contribution in [1.29, 1.82) is 0 Å². The predicted molar refractivity (Wildman–Crippen MR) is 106 cm³/mol. The number of nitrogens with one attached hydrogen (secondary N) is 3. The van der Waals surface area contributed by atoms with E-state index in [2.05, 4.69) is 20.9 Å². The van der Waals surface area contributed by atoms with E-state index in [-0.39, 0.29) is 25.3 Å². The Balaban J connectivity index is 4.82. The number of carboxylic acid groups (broad SMARTS) is 2. The van der Waals surface area contributed by atoms with Crippen molar-refractivity contribution >= 4 is 35.6 Å². The third kappa shape index (κ3) is 11.3. The van der Waals surface area contributed by atoms with E-state index in [1.807, 2.05) is 0 Å². The number of aliphatic imine (C=N–C) groups is 1. The first-order valence-electron chi connectivity index (χ1n) is 9.16. The van der Waals surface area contributed by atoms with Crippen molar-refractivity contribution in [3.8, 4) is 0 Å². The molecular weight excluding hydrogens is 418 g/mol. The summed E-state index contributed by atoms with van der Waals surface area (Å²) in [6.45, 7) is 0.539. The molecule has 4 atom stereocenters. The molecule has 176 valence electrons. The number of hydrogen-bond donors (Lipinski definition) is 9. The molecule has 0 aliphatic rings. The zero-order valence-electron chi connectivity index (χ0n) is 16.9. The van der Waals surface area contributed by atoms with Crippen LogP contribution in [0.2, 0.25) is 0 Å². The van der Waals surface area contributed by atoms with Crippen LogP contribution in [0.15, 0.2) is 4.99 Å². The van der Waals surface area contributed by atoms with Crippen molar-refractivity contribution in [3.63, 3.8) is 0 Å². The number of carbonyl (C=O) groups is 5. The van der Waals surface area contributed by atoms with Gasteiger partial charge in [0, 0.05) is 6.54 Å². The Kier molecular flexibility index (Phi) is 12.2. The van der Waals surface area contributed by atoms with Crippen molar-refractivity contribution in [3.05, 3.63) is 0 Å². The fourth-order valence-corrected chi connectivity index (χ4v) is 2.19. The normalized spacial score (nSPS) is 14.3. The van der Waals surface area contributed by atoms with Crippen LogP contribution in [0.3, 0.4) is 0 Å². The second-order valence-electron chi connectivity index (χ2n) is 6.53. The van der Waals surface area contributed by atoms with Gasteiger partial charge < -0.3 is 48.5 Å². The van der Waals surface area contributed by atoms with Gasteiger partial charge >= 0.3 is 11.9 Å². The van der Waals surface area contributed by atoms with Crippen LogP contribution in [0.1, 0.15) is 26.2 Å². The molecule has 0 radical (unpaired) electrons. The van der Waals surface area contributed by atoms with E-state index in [9.17, 15) is 34.2 Å². The van der Waals surface area contributed by atoms with Gasteiger partial charge in [0.25, 0.3) is 0 Å². The molecule has 0 aromatic rings. The molecule has 12 N–H and O–H groups in total. The zero-order chi connectivity index (χ0) is 24.1. The molecule has 3 amide bonds. The fourth-order valence-electron chi connectivity index (χ4n) is 2.19. The van der Waals surface area contributed by atoms with Crippen LogP contribution < -0.4 is 33.2 Å². The summed E-state index contributed by atoms with van der Waals surface area (Å²) >= 11 is 0. The maximum absolute atomic E-state index is 12.3. The second-order valence-corrected chi connectivity index (χ2v) is 6.53. The van der Waals surface area contributed by atoms with Crippen molar-refractivity contribution < 1.29 is 39.3 Å².